The number of aromatic nitrogens is 4. The molecule has 0 aromatic carbocycles. The molecule has 0 bridgehead atoms. The lowest BCUT2D eigenvalue weighted by molar-refractivity contribution is -0.137. The Balaban J connectivity index is 1.79. The molecule has 32 heavy (non-hydrogen) atoms. The number of pyridine rings is 2. The molecule has 12 heteroatoms. The molecule has 0 atom stereocenters. The van der Waals surface area contributed by atoms with Gasteiger partial charge in [-0.05, 0) is 12.1 Å². The van der Waals surface area contributed by atoms with Crippen molar-refractivity contribution in [1.29, 1.82) is 0 Å². The summed E-state index contributed by atoms with van der Waals surface area (Å²) in [6, 6.07) is 5.81. The summed E-state index contributed by atoms with van der Waals surface area (Å²) in [5, 5.41) is 3.06. The molecule has 0 saturated carbocycles. The average Bonchev–Trinajstić information content (AvgIpc) is 2.79. The first-order valence-electron chi connectivity index (χ1n) is 9.65. The van der Waals surface area contributed by atoms with E-state index in [-0.39, 0.29) is 17.2 Å². The first-order valence-corrected chi connectivity index (χ1v) is 9.65. The van der Waals surface area contributed by atoms with Gasteiger partial charge in [0.1, 0.15) is 17.5 Å². The maximum atomic E-state index is 13.7. The lowest BCUT2D eigenvalue weighted by Gasteiger charge is -2.28. The van der Waals surface area contributed by atoms with Crippen molar-refractivity contribution < 1.29 is 22.6 Å². The van der Waals surface area contributed by atoms with E-state index in [0.29, 0.717) is 49.5 Å². The molecule has 9 nitrogen and oxygen atoms in total. The van der Waals surface area contributed by atoms with E-state index >= 15 is 0 Å². The van der Waals surface area contributed by atoms with Gasteiger partial charge in [0.05, 0.1) is 43.3 Å². The molecule has 0 amide bonds. The van der Waals surface area contributed by atoms with Crippen LogP contribution in [0.1, 0.15) is 5.56 Å². The number of methoxy groups -OCH3 is 1. The lowest BCUT2D eigenvalue weighted by Crippen LogP contribution is -2.36. The van der Waals surface area contributed by atoms with Crippen molar-refractivity contribution >= 4 is 23.1 Å². The zero-order chi connectivity index (χ0) is 22.7. The summed E-state index contributed by atoms with van der Waals surface area (Å²) in [5.74, 6) is 0.821. The first kappa shape index (κ1) is 21.6. The van der Waals surface area contributed by atoms with Crippen LogP contribution in [0.4, 0.5) is 36.3 Å². The van der Waals surface area contributed by atoms with Crippen molar-refractivity contribution in [1.82, 2.24) is 19.9 Å². The second-order valence-electron chi connectivity index (χ2n) is 6.90. The van der Waals surface area contributed by atoms with E-state index in [2.05, 4.69) is 25.3 Å². The fourth-order valence-corrected chi connectivity index (χ4v) is 3.18. The highest BCUT2D eigenvalue weighted by atomic mass is 19.4. The van der Waals surface area contributed by atoms with Gasteiger partial charge in [-0.2, -0.15) is 13.2 Å². The third kappa shape index (κ3) is 4.80. The minimum absolute atomic E-state index is 0.127. The molecule has 0 unspecified atom stereocenters. The van der Waals surface area contributed by atoms with E-state index in [4.69, 9.17) is 15.2 Å². The number of rotatable bonds is 5. The molecule has 3 aromatic heterocycles. The van der Waals surface area contributed by atoms with E-state index < -0.39 is 11.7 Å². The summed E-state index contributed by atoms with van der Waals surface area (Å²) in [6.45, 7) is 2.07. The topological polar surface area (TPSA) is 111 Å². The summed E-state index contributed by atoms with van der Waals surface area (Å²) in [4.78, 5) is 18.6. The van der Waals surface area contributed by atoms with Gasteiger partial charge in [0.25, 0.3) is 0 Å². The van der Waals surface area contributed by atoms with E-state index in [9.17, 15) is 13.2 Å². The SMILES string of the molecule is COc1ccc(Nc2cc(N3CCOCC3)nc(-c3cnc(N)cc3C(F)(F)F)n2)cn1. The van der Waals surface area contributed by atoms with E-state index in [1.807, 2.05) is 4.90 Å². The second-order valence-corrected chi connectivity index (χ2v) is 6.90. The number of nitrogens with two attached hydrogens (primary N) is 1. The number of morpholine rings is 1. The zero-order valence-electron chi connectivity index (χ0n) is 17.1. The Labute approximate surface area is 181 Å². The van der Waals surface area contributed by atoms with Crippen LogP contribution >= 0.6 is 0 Å². The van der Waals surface area contributed by atoms with Crippen molar-refractivity contribution in [2.45, 2.75) is 6.18 Å². The molecule has 1 aliphatic rings. The quantitative estimate of drug-likeness (QED) is 0.609. The molecule has 3 N–H and O–H groups in total. The van der Waals surface area contributed by atoms with Gasteiger partial charge >= 0.3 is 6.18 Å². The Morgan fingerprint density at radius 1 is 1.09 bits per heavy atom. The molecule has 4 rings (SSSR count). The van der Waals surface area contributed by atoms with Crippen LogP contribution in [-0.2, 0) is 10.9 Å². The summed E-state index contributed by atoms with van der Waals surface area (Å²) in [7, 11) is 1.50. The third-order valence-corrected chi connectivity index (χ3v) is 4.74. The Bertz CT molecular complexity index is 1090. The van der Waals surface area contributed by atoms with Gasteiger partial charge in [-0.3, -0.25) is 0 Å². The molecule has 1 aliphatic heterocycles. The van der Waals surface area contributed by atoms with Crippen molar-refractivity contribution in [2.75, 3.05) is 49.4 Å². The normalized spacial score (nSPS) is 14.3. The molecule has 0 aliphatic carbocycles. The largest absolute Gasteiger partial charge is 0.481 e. The standard InChI is InChI=1S/C20H20F3N7O2/c1-31-18-3-2-12(10-26-18)27-16-9-17(30-4-6-32-7-5-30)29-19(28-16)13-11-25-15(24)8-14(13)20(21,22)23/h2-3,8-11H,4-7H2,1H3,(H2,24,25)(H,27,28,29). The van der Waals surface area contributed by atoms with Crippen LogP contribution in [0.25, 0.3) is 11.4 Å². The molecule has 1 saturated heterocycles. The Morgan fingerprint density at radius 2 is 1.88 bits per heavy atom. The van der Waals surface area contributed by atoms with Crippen molar-refractivity contribution in [3.63, 3.8) is 0 Å². The number of hydrogen-bond acceptors (Lipinski definition) is 9. The highest BCUT2D eigenvalue weighted by Crippen LogP contribution is 2.37. The van der Waals surface area contributed by atoms with Crippen LogP contribution in [-0.4, -0.2) is 53.3 Å². The van der Waals surface area contributed by atoms with Gasteiger partial charge < -0.3 is 25.4 Å². The second kappa shape index (κ2) is 8.83. The molecule has 0 radical (unpaired) electrons. The lowest BCUT2D eigenvalue weighted by atomic mass is 10.1. The van der Waals surface area contributed by atoms with Crippen LogP contribution in [0.3, 0.4) is 0 Å². The predicted molar refractivity (Wildman–Crippen MR) is 112 cm³/mol. The number of ether oxygens (including phenoxy) is 2. The van der Waals surface area contributed by atoms with Gasteiger partial charge in [0.15, 0.2) is 5.82 Å². The van der Waals surface area contributed by atoms with E-state index in [1.54, 1.807) is 18.2 Å². The Hall–Kier alpha value is -3.67. The summed E-state index contributed by atoms with van der Waals surface area (Å²) in [5.41, 5.74) is 4.86. The van der Waals surface area contributed by atoms with Crippen LogP contribution in [0.2, 0.25) is 0 Å². The number of halogens is 3. The van der Waals surface area contributed by atoms with Gasteiger partial charge in [0.2, 0.25) is 5.88 Å². The number of alkyl halides is 3. The minimum Gasteiger partial charge on any atom is -0.481 e. The molecule has 0 spiro atoms. The number of anilines is 4. The van der Waals surface area contributed by atoms with Gasteiger partial charge in [-0.15, -0.1) is 0 Å². The maximum Gasteiger partial charge on any atom is 0.417 e. The number of nitrogens with one attached hydrogen (secondary N) is 1. The van der Waals surface area contributed by atoms with Crippen molar-refractivity contribution in [3.05, 3.63) is 42.2 Å². The molecule has 4 heterocycles. The monoisotopic (exact) mass is 447 g/mol. The summed E-state index contributed by atoms with van der Waals surface area (Å²) >= 11 is 0. The van der Waals surface area contributed by atoms with Gasteiger partial charge in [-0.25, -0.2) is 19.9 Å². The molecule has 1 fully saturated rings. The van der Waals surface area contributed by atoms with Crippen LogP contribution in [0, 0.1) is 0 Å². The third-order valence-electron chi connectivity index (χ3n) is 4.74. The van der Waals surface area contributed by atoms with Crippen LogP contribution in [0.15, 0.2) is 36.7 Å². The minimum atomic E-state index is -4.65. The number of hydrogen-bond donors (Lipinski definition) is 2. The maximum absolute atomic E-state index is 13.7. The van der Waals surface area contributed by atoms with E-state index in [0.717, 1.165) is 12.3 Å². The summed E-state index contributed by atoms with van der Waals surface area (Å²) < 4.78 is 51.5. The van der Waals surface area contributed by atoms with Crippen molar-refractivity contribution in [3.8, 4) is 17.3 Å². The molecule has 168 valence electrons. The van der Waals surface area contributed by atoms with Crippen molar-refractivity contribution in [2.24, 2.45) is 0 Å². The number of nitrogens with zero attached hydrogens (tertiary/aromatic N) is 5. The fourth-order valence-electron chi connectivity index (χ4n) is 3.18. The molecule has 3 aromatic rings. The molecular weight excluding hydrogens is 427 g/mol. The highest BCUT2D eigenvalue weighted by Gasteiger charge is 2.35. The number of nitrogen functional groups attached to an aromatic ring is 1. The predicted octanol–water partition coefficient (Wildman–Crippen LogP) is 3.12. The highest BCUT2D eigenvalue weighted by molar-refractivity contribution is 5.68. The fraction of sp³-hybridized carbons (Fsp3) is 0.300. The summed E-state index contributed by atoms with van der Waals surface area (Å²) in [6.07, 6.45) is -2.09. The van der Waals surface area contributed by atoms with Gasteiger partial charge in [-0.1, -0.05) is 0 Å². The van der Waals surface area contributed by atoms with Crippen LogP contribution in [0.5, 0.6) is 5.88 Å². The smallest absolute Gasteiger partial charge is 0.417 e. The zero-order valence-corrected chi connectivity index (χ0v) is 17.1. The van der Waals surface area contributed by atoms with Crippen LogP contribution < -0.4 is 20.7 Å². The van der Waals surface area contributed by atoms with Gasteiger partial charge in [0, 0.05) is 31.4 Å². The Morgan fingerprint density at radius 3 is 2.53 bits per heavy atom. The first-order chi connectivity index (χ1) is 15.3. The Kier molecular flexibility index (Phi) is 5.95. The average molecular weight is 447 g/mol. The van der Waals surface area contributed by atoms with E-state index in [1.165, 1.54) is 13.3 Å². The molecular formula is C20H20F3N7O2.